The fraction of sp³-hybridized carbons (Fsp3) is 0.400. The zero-order valence-corrected chi connectivity index (χ0v) is 12.5. The Balaban J connectivity index is 1.56. The van der Waals surface area contributed by atoms with Crippen molar-refractivity contribution in [3.63, 3.8) is 0 Å². The number of hydrogen-bond acceptors (Lipinski definition) is 5. The number of carboxylic acid groups (broad SMARTS) is 1. The van der Waals surface area contributed by atoms with Crippen molar-refractivity contribution in [2.45, 2.75) is 25.2 Å². The third-order valence-corrected chi connectivity index (χ3v) is 4.32. The minimum absolute atomic E-state index is 0.158. The van der Waals surface area contributed by atoms with Gasteiger partial charge in [0.1, 0.15) is 11.5 Å². The molecular weight excluding hydrogens is 317 g/mol. The number of hydrogen-bond donors (Lipinski definition) is 2. The van der Waals surface area contributed by atoms with Crippen LogP contribution in [0.5, 0.6) is 0 Å². The summed E-state index contributed by atoms with van der Waals surface area (Å²) in [5.41, 5.74) is 0.537. The van der Waals surface area contributed by atoms with Gasteiger partial charge in [-0.1, -0.05) is 0 Å². The zero-order valence-electron chi connectivity index (χ0n) is 12.5. The maximum absolute atomic E-state index is 14.2. The number of tetrazole rings is 1. The lowest BCUT2D eigenvalue weighted by molar-refractivity contribution is -0.139. The second-order valence-electron chi connectivity index (χ2n) is 6.17. The number of carbonyl (C=O) groups is 2. The van der Waals surface area contributed by atoms with Crippen LogP contribution in [-0.4, -0.2) is 37.2 Å². The minimum Gasteiger partial charge on any atom is -0.481 e. The number of halogens is 1. The maximum Gasteiger partial charge on any atom is 0.307 e. The molecule has 1 heterocycles. The van der Waals surface area contributed by atoms with Crippen molar-refractivity contribution in [2.75, 3.05) is 5.32 Å². The summed E-state index contributed by atoms with van der Waals surface area (Å²) in [6.07, 6.45) is 2.27. The molecule has 4 rings (SSSR count). The molecule has 2 aliphatic carbocycles. The van der Waals surface area contributed by atoms with Gasteiger partial charge in [-0.3, -0.25) is 9.59 Å². The van der Waals surface area contributed by atoms with Crippen LogP contribution in [-0.2, 0) is 9.59 Å². The molecule has 0 bridgehead atoms. The van der Waals surface area contributed by atoms with Gasteiger partial charge in [-0.05, 0) is 47.9 Å². The Morgan fingerprint density at radius 3 is 2.75 bits per heavy atom. The first-order chi connectivity index (χ1) is 11.5. The smallest absolute Gasteiger partial charge is 0.307 e. The SMILES string of the molecule is O=C(O)[C@@H]1C[C@H]1C(=O)Nc1ccc(F)c(-n2nnnc2C2CC2)c1. The van der Waals surface area contributed by atoms with Gasteiger partial charge < -0.3 is 10.4 Å². The quantitative estimate of drug-likeness (QED) is 0.855. The normalized spacial score (nSPS) is 22.2. The highest BCUT2D eigenvalue weighted by atomic mass is 19.1. The number of benzene rings is 1. The number of carboxylic acids is 1. The van der Waals surface area contributed by atoms with E-state index in [1.54, 1.807) is 0 Å². The first-order valence-corrected chi connectivity index (χ1v) is 7.66. The fourth-order valence-corrected chi connectivity index (χ4v) is 2.71. The third-order valence-electron chi connectivity index (χ3n) is 4.32. The molecule has 2 aliphatic rings. The van der Waals surface area contributed by atoms with Gasteiger partial charge >= 0.3 is 5.97 Å². The molecule has 8 nitrogen and oxygen atoms in total. The second-order valence-corrected chi connectivity index (χ2v) is 6.17. The summed E-state index contributed by atoms with van der Waals surface area (Å²) in [4.78, 5) is 22.9. The van der Waals surface area contributed by atoms with Crippen LogP contribution in [0.2, 0.25) is 0 Å². The van der Waals surface area contributed by atoms with E-state index < -0.39 is 23.6 Å². The molecule has 1 amide bonds. The number of carbonyl (C=O) groups excluding carboxylic acids is 1. The van der Waals surface area contributed by atoms with E-state index in [9.17, 15) is 14.0 Å². The third kappa shape index (κ3) is 2.61. The number of aliphatic carboxylic acids is 1. The van der Waals surface area contributed by atoms with Gasteiger partial charge in [-0.25, -0.2) is 4.39 Å². The zero-order chi connectivity index (χ0) is 16.8. The van der Waals surface area contributed by atoms with Crippen LogP contribution in [0, 0.1) is 17.7 Å². The van der Waals surface area contributed by atoms with Gasteiger partial charge in [0.2, 0.25) is 5.91 Å². The Morgan fingerprint density at radius 2 is 2.08 bits per heavy atom. The minimum atomic E-state index is -0.974. The summed E-state index contributed by atoms with van der Waals surface area (Å²) in [7, 11) is 0. The topological polar surface area (TPSA) is 110 Å². The van der Waals surface area contributed by atoms with Gasteiger partial charge in [0.15, 0.2) is 5.82 Å². The van der Waals surface area contributed by atoms with Crippen molar-refractivity contribution in [1.29, 1.82) is 0 Å². The lowest BCUT2D eigenvalue weighted by Crippen LogP contribution is -2.17. The highest BCUT2D eigenvalue weighted by Crippen LogP contribution is 2.40. The fourth-order valence-electron chi connectivity index (χ4n) is 2.71. The van der Waals surface area contributed by atoms with E-state index in [0.717, 1.165) is 12.8 Å². The molecule has 2 N–H and O–H groups in total. The molecule has 0 radical (unpaired) electrons. The standard InChI is InChI=1S/C15H14FN5O3/c16-11-4-3-8(17-14(22)9-6-10(9)15(23)24)5-12(11)21-13(7-1-2-7)18-19-20-21/h3-5,7,9-10H,1-2,6H2,(H,17,22)(H,23,24)/t9-,10-/m1/s1. The van der Waals surface area contributed by atoms with Crippen LogP contribution >= 0.6 is 0 Å². The van der Waals surface area contributed by atoms with E-state index in [-0.39, 0.29) is 17.5 Å². The number of amides is 1. The molecular formula is C15H14FN5O3. The van der Waals surface area contributed by atoms with Gasteiger partial charge in [0.25, 0.3) is 0 Å². The number of nitrogens with one attached hydrogen (secondary N) is 1. The first-order valence-electron chi connectivity index (χ1n) is 7.66. The van der Waals surface area contributed by atoms with E-state index in [1.165, 1.54) is 22.9 Å². The summed E-state index contributed by atoms with van der Waals surface area (Å²) < 4.78 is 15.5. The number of anilines is 1. The van der Waals surface area contributed by atoms with Crippen molar-refractivity contribution in [3.8, 4) is 5.69 Å². The largest absolute Gasteiger partial charge is 0.481 e. The molecule has 2 fully saturated rings. The van der Waals surface area contributed by atoms with E-state index >= 15 is 0 Å². The highest BCUT2D eigenvalue weighted by Gasteiger charge is 2.48. The van der Waals surface area contributed by atoms with Crippen LogP contribution in [0.15, 0.2) is 18.2 Å². The molecule has 124 valence electrons. The summed E-state index contributed by atoms with van der Waals surface area (Å²) in [5.74, 6) is -2.18. The van der Waals surface area contributed by atoms with Gasteiger partial charge in [0, 0.05) is 11.6 Å². The molecule has 1 aromatic carbocycles. The lowest BCUT2D eigenvalue weighted by Gasteiger charge is -2.09. The number of nitrogens with zero attached hydrogens (tertiary/aromatic N) is 4. The predicted octanol–water partition coefficient (Wildman–Crippen LogP) is 1.34. The molecule has 2 aromatic rings. The van der Waals surface area contributed by atoms with E-state index in [2.05, 4.69) is 20.8 Å². The Labute approximate surface area is 135 Å². The Hall–Kier alpha value is -2.84. The average molecular weight is 331 g/mol. The van der Waals surface area contributed by atoms with E-state index in [4.69, 9.17) is 5.11 Å². The van der Waals surface area contributed by atoms with Crippen molar-refractivity contribution >= 4 is 17.6 Å². The van der Waals surface area contributed by atoms with Gasteiger partial charge in [0.05, 0.1) is 11.8 Å². The van der Waals surface area contributed by atoms with Gasteiger partial charge in [-0.15, -0.1) is 5.10 Å². The number of aromatic nitrogens is 4. The van der Waals surface area contributed by atoms with Crippen LogP contribution in [0.1, 0.15) is 31.0 Å². The monoisotopic (exact) mass is 331 g/mol. The Kier molecular flexibility index (Phi) is 3.29. The highest BCUT2D eigenvalue weighted by molar-refractivity contribution is 5.98. The first kappa shape index (κ1) is 14.7. The molecule has 2 saturated carbocycles. The average Bonchev–Trinajstić information content (AvgIpc) is 3.46. The Bertz CT molecular complexity index is 832. The summed E-state index contributed by atoms with van der Waals surface area (Å²) in [6, 6.07) is 4.11. The lowest BCUT2D eigenvalue weighted by atomic mass is 10.2. The van der Waals surface area contributed by atoms with Crippen LogP contribution in [0.4, 0.5) is 10.1 Å². The predicted molar refractivity (Wildman–Crippen MR) is 78.9 cm³/mol. The molecule has 1 aromatic heterocycles. The summed E-state index contributed by atoms with van der Waals surface area (Å²) in [5, 5.41) is 22.9. The molecule has 0 unspecified atom stereocenters. The molecule has 0 saturated heterocycles. The maximum atomic E-state index is 14.2. The van der Waals surface area contributed by atoms with Crippen molar-refractivity contribution in [1.82, 2.24) is 20.2 Å². The summed E-state index contributed by atoms with van der Waals surface area (Å²) >= 11 is 0. The molecule has 0 aliphatic heterocycles. The van der Waals surface area contributed by atoms with Gasteiger partial charge in [-0.2, -0.15) is 4.68 Å². The van der Waals surface area contributed by atoms with Crippen LogP contribution in [0.25, 0.3) is 5.69 Å². The molecule has 9 heteroatoms. The second kappa shape index (κ2) is 5.36. The van der Waals surface area contributed by atoms with Crippen molar-refractivity contribution < 1.29 is 19.1 Å². The van der Waals surface area contributed by atoms with E-state index in [1.807, 2.05) is 0 Å². The van der Waals surface area contributed by atoms with Crippen LogP contribution in [0.3, 0.4) is 0 Å². The summed E-state index contributed by atoms with van der Waals surface area (Å²) in [6.45, 7) is 0. The Morgan fingerprint density at radius 1 is 1.29 bits per heavy atom. The van der Waals surface area contributed by atoms with Crippen molar-refractivity contribution in [2.24, 2.45) is 11.8 Å². The van der Waals surface area contributed by atoms with Crippen LogP contribution < -0.4 is 5.32 Å². The van der Waals surface area contributed by atoms with E-state index in [0.29, 0.717) is 17.9 Å². The molecule has 2 atom stereocenters. The molecule has 24 heavy (non-hydrogen) atoms. The molecule has 0 spiro atoms. The number of rotatable bonds is 5. The van der Waals surface area contributed by atoms with Crippen molar-refractivity contribution in [3.05, 3.63) is 29.8 Å².